The van der Waals surface area contributed by atoms with Crippen LogP contribution in [-0.4, -0.2) is 48.8 Å². The summed E-state index contributed by atoms with van der Waals surface area (Å²) in [5.41, 5.74) is 6.58. The maximum Gasteiger partial charge on any atom is 0.341 e. The van der Waals surface area contributed by atoms with Gasteiger partial charge in [-0.1, -0.05) is 19.4 Å². The zero-order valence-corrected chi connectivity index (χ0v) is 15.2. The summed E-state index contributed by atoms with van der Waals surface area (Å²) < 4.78 is 11.9. The lowest BCUT2D eigenvalue weighted by Gasteiger charge is -2.07. The van der Waals surface area contributed by atoms with E-state index in [2.05, 4.69) is 19.9 Å². The minimum atomic E-state index is -1.11. The first-order valence-electron chi connectivity index (χ1n) is 8.67. The molecule has 0 spiro atoms. The van der Waals surface area contributed by atoms with E-state index < -0.39 is 18.3 Å². The molecule has 0 bridgehead atoms. The molecule has 0 aliphatic carbocycles. The highest BCUT2D eigenvalue weighted by atomic mass is 16.5. The number of pyridine rings is 1. The van der Waals surface area contributed by atoms with Crippen molar-refractivity contribution >= 4 is 23.0 Å². The Balaban J connectivity index is 1.90. The second-order valence-corrected chi connectivity index (χ2v) is 5.96. The molecule has 11 nitrogen and oxygen atoms in total. The minimum absolute atomic E-state index is 0.0773. The number of rotatable bonds is 9. The van der Waals surface area contributed by atoms with Crippen LogP contribution in [0.1, 0.15) is 25.5 Å². The molecule has 3 aromatic rings. The van der Waals surface area contributed by atoms with Crippen LogP contribution in [0, 0.1) is 0 Å². The average Bonchev–Trinajstić information content (AvgIpc) is 2.97. The lowest BCUT2D eigenvalue weighted by molar-refractivity contribution is -0.139. The normalized spacial score (nSPS) is 10.9. The Kier molecular flexibility index (Phi) is 5.72. The number of nitrogens with one attached hydrogen (secondary N) is 1. The summed E-state index contributed by atoms with van der Waals surface area (Å²) in [6.07, 6.45) is 1.80. The molecule has 0 radical (unpaired) electrons. The van der Waals surface area contributed by atoms with Crippen molar-refractivity contribution < 1.29 is 19.4 Å². The zero-order chi connectivity index (χ0) is 20.1. The Labute approximate surface area is 159 Å². The van der Waals surface area contributed by atoms with Crippen LogP contribution in [0.5, 0.6) is 11.9 Å². The highest BCUT2D eigenvalue weighted by molar-refractivity contribution is 5.81. The Morgan fingerprint density at radius 3 is 2.86 bits per heavy atom. The summed E-state index contributed by atoms with van der Waals surface area (Å²) in [6.45, 7) is 2.05. The number of nitrogens with two attached hydrogens (primary N) is 1. The first-order valence-corrected chi connectivity index (χ1v) is 8.67. The SMILES string of the molecule is CCCCOc1nc(N)c2[nH]c(=O)n(Cc3cccc(OCC(=O)O)n3)c2n1. The minimum Gasteiger partial charge on any atom is -0.479 e. The Morgan fingerprint density at radius 2 is 2.11 bits per heavy atom. The molecule has 0 amide bonds. The number of nitrogens with zero attached hydrogens (tertiary/aromatic N) is 4. The van der Waals surface area contributed by atoms with Crippen LogP contribution in [0.15, 0.2) is 23.0 Å². The molecular formula is C17H20N6O5. The van der Waals surface area contributed by atoms with E-state index >= 15 is 0 Å². The van der Waals surface area contributed by atoms with E-state index in [9.17, 15) is 9.59 Å². The van der Waals surface area contributed by atoms with Crippen LogP contribution in [0.25, 0.3) is 11.2 Å². The molecule has 28 heavy (non-hydrogen) atoms. The van der Waals surface area contributed by atoms with E-state index in [1.807, 2.05) is 6.92 Å². The summed E-state index contributed by atoms with van der Waals surface area (Å²) in [5, 5.41) is 8.70. The second kappa shape index (κ2) is 8.37. The number of imidazole rings is 1. The number of nitrogen functional groups attached to an aromatic ring is 1. The molecule has 0 unspecified atom stereocenters. The number of aromatic amines is 1. The summed E-state index contributed by atoms with van der Waals surface area (Å²) in [7, 11) is 0. The van der Waals surface area contributed by atoms with Gasteiger partial charge >= 0.3 is 17.7 Å². The van der Waals surface area contributed by atoms with Crippen molar-refractivity contribution in [3.63, 3.8) is 0 Å². The maximum atomic E-state index is 12.4. The van der Waals surface area contributed by atoms with Crippen molar-refractivity contribution in [3.05, 3.63) is 34.4 Å². The smallest absolute Gasteiger partial charge is 0.341 e. The number of unbranched alkanes of at least 4 members (excludes halogenated alkanes) is 1. The van der Waals surface area contributed by atoms with Gasteiger partial charge in [0.15, 0.2) is 18.1 Å². The second-order valence-electron chi connectivity index (χ2n) is 5.96. The van der Waals surface area contributed by atoms with Crippen LogP contribution in [0.2, 0.25) is 0 Å². The Hall–Kier alpha value is -3.63. The number of hydrogen-bond donors (Lipinski definition) is 3. The van der Waals surface area contributed by atoms with Crippen molar-refractivity contribution in [2.75, 3.05) is 18.9 Å². The number of fused-ring (bicyclic) bond motifs is 1. The number of H-pyrrole nitrogens is 1. The highest BCUT2D eigenvalue weighted by Crippen LogP contribution is 2.19. The van der Waals surface area contributed by atoms with Gasteiger partial charge in [-0.15, -0.1) is 0 Å². The zero-order valence-electron chi connectivity index (χ0n) is 15.2. The monoisotopic (exact) mass is 388 g/mol. The Morgan fingerprint density at radius 1 is 1.29 bits per heavy atom. The largest absolute Gasteiger partial charge is 0.479 e. The average molecular weight is 388 g/mol. The predicted molar refractivity (Wildman–Crippen MR) is 99.4 cm³/mol. The molecule has 0 saturated carbocycles. The molecule has 0 saturated heterocycles. The first-order chi connectivity index (χ1) is 13.5. The van der Waals surface area contributed by atoms with Crippen molar-refractivity contribution in [2.45, 2.75) is 26.3 Å². The van der Waals surface area contributed by atoms with E-state index in [1.54, 1.807) is 12.1 Å². The molecule has 148 valence electrons. The van der Waals surface area contributed by atoms with Crippen molar-refractivity contribution in [3.8, 4) is 11.9 Å². The lowest BCUT2D eigenvalue weighted by atomic mass is 10.3. The molecule has 0 aromatic carbocycles. The number of anilines is 1. The predicted octanol–water partition coefficient (Wildman–Crippen LogP) is 0.787. The fraction of sp³-hybridized carbons (Fsp3) is 0.353. The van der Waals surface area contributed by atoms with Gasteiger partial charge in [-0.2, -0.15) is 9.97 Å². The van der Waals surface area contributed by atoms with Gasteiger partial charge in [-0.25, -0.2) is 14.6 Å². The molecule has 0 aliphatic rings. The van der Waals surface area contributed by atoms with E-state index in [4.69, 9.17) is 20.3 Å². The molecule has 4 N–H and O–H groups in total. The van der Waals surface area contributed by atoms with Crippen LogP contribution in [0.3, 0.4) is 0 Å². The standard InChI is InChI=1S/C17H20N6O5/c1-2-3-7-27-16-21-14(18)13-15(22-16)23(17(26)20-13)8-10-5-4-6-11(19-10)28-9-12(24)25/h4-6H,2-3,7-9H2,1H3,(H,20,26)(H,24,25)(H2,18,21,22). The van der Waals surface area contributed by atoms with Crippen LogP contribution >= 0.6 is 0 Å². The van der Waals surface area contributed by atoms with Crippen molar-refractivity contribution in [1.82, 2.24) is 24.5 Å². The van der Waals surface area contributed by atoms with Gasteiger partial charge in [0.05, 0.1) is 18.8 Å². The molecular weight excluding hydrogens is 368 g/mol. The van der Waals surface area contributed by atoms with Crippen molar-refractivity contribution in [2.24, 2.45) is 0 Å². The van der Waals surface area contributed by atoms with Gasteiger partial charge in [-0.3, -0.25) is 4.57 Å². The first kappa shape index (κ1) is 19.1. The maximum absolute atomic E-state index is 12.4. The Bertz CT molecular complexity index is 1040. The summed E-state index contributed by atoms with van der Waals surface area (Å²) in [4.78, 5) is 38.2. The van der Waals surface area contributed by atoms with Gasteiger partial charge in [-0.05, 0) is 12.5 Å². The number of ether oxygens (including phenoxy) is 2. The van der Waals surface area contributed by atoms with Gasteiger partial charge in [0, 0.05) is 6.07 Å². The summed E-state index contributed by atoms with van der Waals surface area (Å²) in [5.74, 6) is -0.854. The van der Waals surface area contributed by atoms with Crippen LogP contribution in [0.4, 0.5) is 5.82 Å². The fourth-order valence-electron chi connectivity index (χ4n) is 2.47. The third kappa shape index (κ3) is 4.37. The number of carboxylic acid groups (broad SMARTS) is 1. The van der Waals surface area contributed by atoms with Gasteiger partial charge in [0.25, 0.3) is 0 Å². The van der Waals surface area contributed by atoms with E-state index in [1.165, 1.54) is 10.6 Å². The number of aromatic nitrogens is 5. The summed E-state index contributed by atoms with van der Waals surface area (Å²) >= 11 is 0. The van der Waals surface area contributed by atoms with E-state index in [0.717, 1.165) is 12.8 Å². The van der Waals surface area contributed by atoms with Crippen LogP contribution < -0.4 is 20.9 Å². The lowest BCUT2D eigenvalue weighted by Crippen LogP contribution is -2.18. The van der Waals surface area contributed by atoms with E-state index in [0.29, 0.717) is 23.5 Å². The van der Waals surface area contributed by atoms with Crippen LogP contribution in [-0.2, 0) is 11.3 Å². The number of hydrogen-bond acceptors (Lipinski definition) is 8. The number of carbonyl (C=O) groups is 1. The summed E-state index contributed by atoms with van der Waals surface area (Å²) in [6, 6.07) is 4.96. The molecule has 0 atom stereocenters. The third-order valence-corrected chi connectivity index (χ3v) is 3.80. The third-order valence-electron chi connectivity index (χ3n) is 3.80. The van der Waals surface area contributed by atoms with E-state index in [-0.39, 0.29) is 24.3 Å². The highest BCUT2D eigenvalue weighted by Gasteiger charge is 2.15. The molecule has 3 heterocycles. The molecule has 3 aromatic heterocycles. The van der Waals surface area contributed by atoms with Crippen molar-refractivity contribution in [1.29, 1.82) is 0 Å². The van der Waals surface area contributed by atoms with Gasteiger partial charge < -0.3 is 25.3 Å². The topological polar surface area (TPSA) is 158 Å². The molecule has 0 aliphatic heterocycles. The van der Waals surface area contributed by atoms with Gasteiger partial charge in [0.1, 0.15) is 5.52 Å². The number of carboxylic acids is 1. The molecule has 11 heteroatoms. The fourth-order valence-corrected chi connectivity index (χ4v) is 2.47. The number of aliphatic carboxylic acids is 1. The molecule has 0 fully saturated rings. The quantitative estimate of drug-likeness (QED) is 0.450. The van der Waals surface area contributed by atoms with Gasteiger partial charge in [0.2, 0.25) is 5.88 Å². The molecule has 3 rings (SSSR count).